The van der Waals surface area contributed by atoms with E-state index in [4.69, 9.17) is 4.42 Å². The van der Waals surface area contributed by atoms with Crippen LogP contribution in [0.4, 0.5) is 0 Å². The fourth-order valence-electron chi connectivity index (χ4n) is 1.79. The summed E-state index contributed by atoms with van der Waals surface area (Å²) >= 11 is 0. The second kappa shape index (κ2) is 7.30. The Hall–Kier alpha value is -1.06. The van der Waals surface area contributed by atoms with Gasteiger partial charge in [0.2, 0.25) is 0 Å². The minimum absolute atomic E-state index is 0.834. The lowest BCUT2D eigenvalue weighted by Crippen LogP contribution is -2.19. The monoisotopic (exact) mass is 236 g/mol. The van der Waals surface area contributed by atoms with E-state index in [0.29, 0.717) is 0 Å². The number of hydrogen-bond acceptors (Lipinski definition) is 3. The molecule has 0 radical (unpaired) electrons. The molecule has 0 unspecified atom stereocenters. The molecule has 0 aliphatic carbocycles. The lowest BCUT2D eigenvalue weighted by molar-refractivity contribution is 0.317. The van der Waals surface area contributed by atoms with Crippen LogP contribution in [0.1, 0.15) is 31.6 Å². The van der Waals surface area contributed by atoms with Gasteiger partial charge in [0.15, 0.2) is 0 Å². The van der Waals surface area contributed by atoms with Gasteiger partial charge in [0.25, 0.3) is 0 Å². The molecule has 3 nitrogen and oxygen atoms in total. The van der Waals surface area contributed by atoms with Crippen LogP contribution < -0.4 is 5.32 Å². The standard InChI is InChI=1S/C14H24N2O/c1-5-6-15-8-13-7-14(17-11-13)10-16(4)9-12(2)3/h7,11,15H,2,5-6,8-10H2,1,3-4H3. The molecule has 0 saturated carbocycles. The normalized spacial score (nSPS) is 11.1. The van der Waals surface area contributed by atoms with Crippen molar-refractivity contribution in [2.75, 3.05) is 20.1 Å². The Bertz CT molecular complexity index is 344. The lowest BCUT2D eigenvalue weighted by atomic mass is 10.3. The van der Waals surface area contributed by atoms with Crippen LogP contribution in [0.2, 0.25) is 0 Å². The predicted molar refractivity (Wildman–Crippen MR) is 71.9 cm³/mol. The molecule has 96 valence electrons. The van der Waals surface area contributed by atoms with Crippen molar-refractivity contribution in [3.63, 3.8) is 0 Å². The van der Waals surface area contributed by atoms with Gasteiger partial charge >= 0.3 is 0 Å². The molecule has 1 heterocycles. The number of hydrogen-bond donors (Lipinski definition) is 1. The molecule has 0 bridgehead atoms. The van der Waals surface area contributed by atoms with Crippen LogP contribution in [0.5, 0.6) is 0 Å². The van der Waals surface area contributed by atoms with Gasteiger partial charge in [-0.3, -0.25) is 4.90 Å². The van der Waals surface area contributed by atoms with Crippen molar-refractivity contribution in [3.05, 3.63) is 35.8 Å². The molecule has 0 aliphatic heterocycles. The molecular formula is C14H24N2O. The van der Waals surface area contributed by atoms with Crippen LogP contribution in [-0.4, -0.2) is 25.0 Å². The fraction of sp³-hybridized carbons (Fsp3) is 0.571. The first-order chi connectivity index (χ1) is 8.11. The van der Waals surface area contributed by atoms with E-state index in [-0.39, 0.29) is 0 Å². The molecule has 1 rings (SSSR count). The Labute approximate surface area is 104 Å². The maximum Gasteiger partial charge on any atom is 0.118 e. The summed E-state index contributed by atoms with van der Waals surface area (Å²) in [7, 11) is 2.08. The van der Waals surface area contributed by atoms with E-state index in [1.54, 1.807) is 0 Å². The summed E-state index contributed by atoms with van der Waals surface area (Å²) in [5.74, 6) is 1.02. The van der Waals surface area contributed by atoms with Crippen LogP contribution in [-0.2, 0) is 13.1 Å². The highest BCUT2D eigenvalue weighted by molar-refractivity contribution is 5.12. The number of rotatable bonds is 8. The second-order valence-electron chi connectivity index (χ2n) is 4.73. The Morgan fingerprint density at radius 3 is 2.94 bits per heavy atom. The summed E-state index contributed by atoms with van der Waals surface area (Å²) < 4.78 is 5.54. The Morgan fingerprint density at radius 2 is 2.29 bits per heavy atom. The third-order valence-corrected chi connectivity index (χ3v) is 2.43. The molecular weight excluding hydrogens is 212 g/mol. The quantitative estimate of drug-likeness (QED) is 0.556. The second-order valence-corrected chi connectivity index (χ2v) is 4.73. The molecule has 0 spiro atoms. The zero-order valence-corrected chi connectivity index (χ0v) is 11.3. The van der Waals surface area contributed by atoms with Crippen LogP contribution in [0.25, 0.3) is 0 Å². The summed E-state index contributed by atoms with van der Waals surface area (Å²) in [6, 6.07) is 2.12. The first-order valence-corrected chi connectivity index (χ1v) is 6.21. The van der Waals surface area contributed by atoms with E-state index in [0.717, 1.165) is 38.4 Å². The number of furan rings is 1. The molecule has 1 aromatic rings. The van der Waals surface area contributed by atoms with Crippen LogP contribution >= 0.6 is 0 Å². The third-order valence-electron chi connectivity index (χ3n) is 2.43. The fourth-order valence-corrected chi connectivity index (χ4v) is 1.79. The van der Waals surface area contributed by atoms with Gasteiger partial charge < -0.3 is 9.73 Å². The van der Waals surface area contributed by atoms with Gasteiger partial charge in [-0.15, -0.1) is 0 Å². The Morgan fingerprint density at radius 1 is 1.53 bits per heavy atom. The van der Waals surface area contributed by atoms with Gasteiger partial charge in [-0.25, -0.2) is 0 Å². The number of likely N-dealkylation sites (N-methyl/N-ethyl adjacent to an activating group) is 1. The molecule has 0 atom stereocenters. The van der Waals surface area contributed by atoms with Gasteiger partial charge in [0, 0.05) is 18.7 Å². The summed E-state index contributed by atoms with van der Waals surface area (Å²) in [5, 5.41) is 3.36. The van der Waals surface area contributed by atoms with Crippen LogP contribution in [0.15, 0.2) is 28.9 Å². The average Bonchev–Trinajstić information content (AvgIpc) is 2.64. The third kappa shape index (κ3) is 5.71. The smallest absolute Gasteiger partial charge is 0.118 e. The molecule has 0 aromatic carbocycles. The molecule has 0 amide bonds. The molecule has 3 heteroatoms. The first kappa shape index (κ1) is 14.0. The van der Waals surface area contributed by atoms with E-state index >= 15 is 0 Å². The summed E-state index contributed by atoms with van der Waals surface area (Å²) in [5.41, 5.74) is 2.39. The first-order valence-electron chi connectivity index (χ1n) is 6.21. The maximum absolute atomic E-state index is 5.54. The van der Waals surface area contributed by atoms with Crippen molar-refractivity contribution >= 4 is 0 Å². The minimum atomic E-state index is 0.834. The van der Waals surface area contributed by atoms with E-state index in [9.17, 15) is 0 Å². The highest BCUT2D eigenvalue weighted by atomic mass is 16.3. The summed E-state index contributed by atoms with van der Waals surface area (Å²) in [6.45, 7) is 11.8. The topological polar surface area (TPSA) is 28.4 Å². The van der Waals surface area contributed by atoms with Gasteiger partial charge in [-0.2, -0.15) is 0 Å². The molecule has 17 heavy (non-hydrogen) atoms. The molecule has 1 aromatic heterocycles. The lowest BCUT2D eigenvalue weighted by Gasteiger charge is -2.14. The molecule has 0 saturated heterocycles. The van der Waals surface area contributed by atoms with Crippen molar-refractivity contribution in [1.29, 1.82) is 0 Å². The van der Waals surface area contributed by atoms with Gasteiger partial charge in [-0.05, 0) is 33.0 Å². The molecule has 1 N–H and O–H groups in total. The summed E-state index contributed by atoms with van der Waals surface area (Å²) in [4.78, 5) is 2.20. The largest absolute Gasteiger partial charge is 0.468 e. The van der Waals surface area contributed by atoms with Crippen molar-refractivity contribution < 1.29 is 4.42 Å². The van der Waals surface area contributed by atoms with E-state index < -0.39 is 0 Å². The average molecular weight is 236 g/mol. The van der Waals surface area contributed by atoms with Gasteiger partial charge in [0.1, 0.15) is 5.76 Å². The van der Waals surface area contributed by atoms with Crippen LogP contribution in [0.3, 0.4) is 0 Å². The number of nitrogens with zero attached hydrogens (tertiary/aromatic N) is 1. The zero-order chi connectivity index (χ0) is 12.7. The van der Waals surface area contributed by atoms with E-state index in [2.05, 4.69) is 36.8 Å². The maximum atomic E-state index is 5.54. The molecule has 0 fully saturated rings. The van der Waals surface area contributed by atoms with Crippen molar-refractivity contribution in [3.8, 4) is 0 Å². The van der Waals surface area contributed by atoms with Gasteiger partial charge in [0.05, 0.1) is 12.8 Å². The highest BCUT2D eigenvalue weighted by Gasteiger charge is 2.05. The van der Waals surface area contributed by atoms with Crippen molar-refractivity contribution in [2.45, 2.75) is 33.4 Å². The van der Waals surface area contributed by atoms with E-state index in [1.807, 2.05) is 13.2 Å². The minimum Gasteiger partial charge on any atom is -0.468 e. The molecule has 0 aliphatic rings. The van der Waals surface area contributed by atoms with Crippen molar-refractivity contribution in [1.82, 2.24) is 10.2 Å². The zero-order valence-electron chi connectivity index (χ0n) is 11.3. The van der Waals surface area contributed by atoms with Crippen LogP contribution in [0, 0.1) is 0 Å². The Kier molecular flexibility index (Phi) is 6.01. The van der Waals surface area contributed by atoms with Gasteiger partial charge in [-0.1, -0.05) is 19.1 Å². The van der Waals surface area contributed by atoms with E-state index in [1.165, 1.54) is 11.1 Å². The SMILES string of the molecule is C=C(C)CN(C)Cc1cc(CNCCC)co1. The van der Waals surface area contributed by atoms with Crippen molar-refractivity contribution in [2.24, 2.45) is 0 Å². The summed E-state index contributed by atoms with van der Waals surface area (Å²) in [6.07, 6.45) is 3.00. The Balaban J connectivity index is 2.37. The predicted octanol–water partition coefficient (Wildman–Crippen LogP) is 2.79. The highest BCUT2D eigenvalue weighted by Crippen LogP contribution is 2.10. The number of nitrogens with one attached hydrogen (secondary N) is 1.